The fourth-order valence-electron chi connectivity index (χ4n) is 3.52. The molecule has 0 amide bonds. The number of hydrogen-bond donors (Lipinski definition) is 0. The molecule has 2 aromatic carbocycles. The Morgan fingerprint density at radius 2 is 1.68 bits per heavy atom. The van der Waals surface area contributed by atoms with Crippen LogP contribution in [-0.4, -0.2) is 44.9 Å². The van der Waals surface area contributed by atoms with Crippen molar-refractivity contribution in [3.05, 3.63) is 47.5 Å². The van der Waals surface area contributed by atoms with Gasteiger partial charge in [0.1, 0.15) is 28.9 Å². The third-order valence-electron chi connectivity index (χ3n) is 5.98. The van der Waals surface area contributed by atoms with Crippen molar-refractivity contribution in [1.82, 2.24) is 0 Å². The second-order valence-corrected chi connectivity index (χ2v) is 8.03. The van der Waals surface area contributed by atoms with Gasteiger partial charge >= 0.3 is 5.97 Å². The van der Waals surface area contributed by atoms with E-state index < -0.39 is 5.97 Å². The average Bonchev–Trinajstić information content (AvgIpc) is 2.85. The van der Waals surface area contributed by atoms with Gasteiger partial charge in [-0.2, -0.15) is 9.98 Å². The number of hydrogen-bond acceptors (Lipinski definition) is 8. The summed E-state index contributed by atoms with van der Waals surface area (Å²) < 4.78 is 22.3. The molecule has 1 heterocycles. The molecule has 8 nitrogen and oxygen atoms in total. The van der Waals surface area contributed by atoms with E-state index in [0.717, 1.165) is 18.4 Å². The van der Waals surface area contributed by atoms with E-state index in [-0.39, 0.29) is 18.6 Å². The summed E-state index contributed by atoms with van der Waals surface area (Å²) in [6, 6.07) is 13.3. The molecule has 0 saturated carbocycles. The number of carbonyl (C=O) groups is 2. The Morgan fingerprint density at radius 3 is 2.29 bits per heavy atom. The highest BCUT2D eigenvalue weighted by Gasteiger charge is 2.29. The van der Waals surface area contributed by atoms with E-state index in [9.17, 15) is 9.59 Å². The number of benzene rings is 2. The molecule has 0 unspecified atom stereocenters. The number of carbonyl (C=O) groups excluding carboxylic acids is 2. The zero-order valence-corrected chi connectivity index (χ0v) is 19.8. The predicted octanol–water partition coefficient (Wildman–Crippen LogP) is 5.29. The summed E-state index contributed by atoms with van der Waals surface area (Å²) in [5.74, 6) is 0.707. The number of ether oxygens (including phenoxy) is 4. The first-order valence-electron chi connectivity index (χ1n) is 11.5. The van der Waals surface area contributed by atoms with Crippen LogP contribution in [-0.2, 0) is 20.7 Å². The zero-order valence-electron chi connectivity index (χ0n) is 19.8. The lowest BCUT2D eigenvalue weighted by Crippen LogP contribution is -2.34. The fourth-order valence-corrected chi connectivity index (χ4v) is 3.52. The Kier molecular flexibility index (Phi) is 8.82. The van der Waals surface area contributed by atoms with Crippen LogP contribution in [0.3, 0.4) is 0 Å². The SMILES string of the molecule is CCOC(=O)c1ccc2c(c1)N=C=Nc1cc(CCOC=O)ccc1OCC(CC)(CC)CO2. The van der Waals surface area contributed by atoms with Gasteiger partial charge < -0.3 is 18.9 Å². The molecule has 0 spiro atoms. The lowest BCUT2D eigenvalue weighted by atomic mass is 9.84. The molecule has 0 N–H and O–H groups in total. The molecular weight excluding hydrogens is 436 g/mol. The standard InChI is InChI=1S/C26H30N2O6/c1-4-26(5-2)15-33-23-9-7-19(11-12-31-18-29)13-21(23)27-17-28-22-14-20(25(30)32-6-3)8-10-24(22)34-16-26/h7-10,13-14,18H,4-6,11-12,15-16H2,1-3H3. The minimum atomic E-state index is -0.430. The molecule has 0 aromatic heterocycles. The van der Waals surface area contributed by atoms with Crippen LogP contribution in [0.5, 0.6) is 11.5 Å². The molecule has 34 heavy (non-hydrogen) atoms. The summed E-state index contributed by atoms with van der Waals surface area (Å²) in [5, 5.41) is 0. The molecule has 0 atom stereocenters. The van der Waals surface area contributed by atoms with Crippen LogP contribution in [0.1, 0.15) is 49.5 Å². The molecule has 2 aromatic rings. The first kappa shape index (κ1) is 25.0. The molecule has 0 bridgehead atoms. The van der Waals surface area contributed by atoms with Crippen molar-refractivity contribution in [3.63, 3.8) is 0 Å². The van der Waals surface area contributed by atoms with Gasteiger partial charge in [0.25, 0.3) is 6.47 Å². The largest absolute Gasteiger partial charge is 0.491 e. The van der Waals surface area contributed by atoms with Gasteiger partial charge in [0, 0.05) is 11.8 Å². The van der Waals surface area contributed by atoms with Gasteiger partial charge in [-0.3, -0.25) is 4.79 Å². The molecule has 3 rings (SSSR count). The second-order valence-electron chi connectivity index (χ2n) is 8.03. The fraction of sp³-hybridized carbons (Fsp3) is 0.423. The minimum Gasteiger partial charge on any atom is -0.491 e. The van der Waals surface area contributed by atoms with Gasteiger partial charge in [0.05, 0.1) is 32.0 Å². The molecule has 180 valence electrons. The maximum Gasteiger partial charge on any atom is 0.338 e. The quantitative estimate of drug-likeness (QED) is 0.298. The van der Waals surface area contributed by atoms with E-state index in [1.807, 2.05) is 18.2 Å². The Morgan fingerprint density at radius 1 is 1.03 bits per heavy atom. The highest BCUT2D eigenvalue weighted by atomic mass is 16.5. The monoisotopic (exact) mass is 466 g/mol. The Balaban J connectivity index is 2.05. The topological polar surface area (TPSA) is 95.8 Å². The highest BCUT2D eigenvalue weighted by Crippen LogP contribution is 2.36. The summed E-state index contributed by atoms with van der Waals surface area (Å²) in [4.78, 5) is 31.4. The molecule has 0 radical (unpaired) electrons. The van der Waals surface area contributed by atoms with Crippen molar-refractivity contribution in [2.75, 3.05) is 26.4 Å². The summed E-state index contributed by atoms with van der Waals surface area (Å²) in [5.41, 5.74) is 2.09. The van der Waals surface area contributed by atoms with Crippen molar-refractivity contribution in [2.45, 2.75) is 40.0 Å². The Labute approximate surface area is 199 Å². The molecule has 8 heteroatoms. The van der Waals surface area contributed by atoms with Crippen LogP contribution in [0.15, 0.2) is 46.4 Å². The smallest absolute Gasteiger partial charge is 0.338 e. The van der Waals surface area contributed by atoms with Crippen LogP contribution in [0.25, 0.3) is 0 Å². The number of rotatable bonds is 8. The van der Waals surface area contributed by atoms with Crippen molar-refractivity contribution < 1.29 is 28.5 Å². The van der Waals surface area contributed by atoms with E-state index in [0.29, 0.717) is 54.5 Å². The van der Waals surface area contributed by atoms with E-state index in [1.54, 1.807) is 25.1 Å². The van der Waals surface area contributed by atoms with Gasteiger partial charge in [-0.15, -0.1) is 0 Å². The maximum atomic E-state index is 12.2. The maximum absolute atomic E-state index is 12.2. The first-order valence-corrected chi connectivity index (χ1v) is 11.5. The van der Waals surface area contributed by atoms with Crippen LogP contribution in [0.2, 0.25) is 0 Å². The van der Waals surface area contributed by atoms with Gasteiger partial charge in [-0.25, -0.2) is 4.79 Å². The molecular formula is C26H30N2O6. The van der Waals surface area contributed by atoms with Gasteiger partial charge in [0.2, 0.25) is 0 Å². The predicted molar refractivity (Wildman–Crippen MR) is 128 cm³/mol. The van der Waals surface area contributed by atoms with Crippen LogP contribution in [0.4, 0.5) is 11.4 Å². The number of esters is 1. The molecule has 0 aliphatic carbocycles. The first-order chi connectivity index (χ1) is 16.5. The molecule has 1 aliphatic heterocycles. The van der Waals surface area contributed by atoms with E-state index in [4.69, 9.17) is 18.9 Å². The normalized spacial score (nSPS) is 14.3. The zero-order chi connectivity index (χ0) is 24.4. The third-order valence-corrected chi connectivity index (χ3v) is 5.98. The van der Waals surface area contributed by atoms with Crippen LogP contribution >= 0.6 is 0 Å². The van der Waals surface area contributed by atoms with Crippen molar-refractivity contribution in [1.29, 1.82) is 0 Å². The van der Waals surface area contributed by atoms with Crippen molar-refractivity contribution >= 4 is 29.8 Å². The van der Waals surface area contributed by atoms with E-state index in [2.05, 4.69) is 29.8 Å². The van der Waals surface area contributed by atoms with E-state index in [1.165, 1.54) is 0 Å². The molecule has 0 fully saturated rings. The van der Waals surface area contributed by atoms with E-state index >= 15 is 0 Å². The summed E-state index contributed by atoms with van der Waals surface area (Å²) in [6.07, 6.45) is 2.25. The Bertz CT molecular complexity index is 1070. The third kappa shape index (κ3) is 6.23. The summed E-state index contributed by atoms with van der Waals surface area (Å²) >= 11 is 0. The molecule has 1 aliphatic rings. The Hall–Kier alpha value is -3.64. The van der Waals surface area contributed by atoms with Gasteiger partial charge in [0.15, 0.2) is 0 Å². The minimum absolute atomic E-state index is 0.225. The van der Waals surface area contributed by atoms with Gasteiger partial charge in [-0.05, 0) is 55.7 Å². The molecule has 0 saturated heterocycles. The summed E-state index contributed by atoms with van der Waals surface area (Å²) in [6.45, 7) is 7.84. The van der Waals surface area contributed by atoms with Crippen LogP contribution in [0, 0.1) is 5.41 Å². The average molecular weight is 467 g/mol. The lowest BCUT2D eigenvalue weighted by molar-refractivity contribution is -0.128. The lowest BCUT2D eigenvalue weighted by Gasteiger charge is -2.31. The van der Waals surface area contributed by atoms with Crippen molar-refractivity contribution in [3.8, 4) is 11.5 Å². The van der Waals surface area contributed by atoms with Crippen LogP contribution < -0.4 is 9.47 Å². The highest BCUT2D eigenvalue weighted by molar-refractivity contribution is 5.91. The second kappa shape index (κ2) is 12.0. The number of aliphatic imine (C=N–C) groups is 2. The van der Waals surface area contributed by atoms with Gasteiger partial charge in [-0.1, -0.05) is 19.9 Å². The number of nitrogens with zero attached hydrogens (tertiary/aromatic N) is 2. The number of fused-ring (bicyclic) bond motifs is 2. The van der Waals surface area contributed by atoms with Crippen molar-refractivity contribution in [2.24, 2.45) is 15.4 Å². The summed E-state index contributed by atoms with van der Waals surface area (Å²) in [7, 11) is 0.